The van der Waals surface area contributed by atoms with E-state index in [1.165, 1.54) is 11.3 Å². The van der Waals surface area contributed by atoms with Gasteiger partial charge in [0.15, 0.2) is 12.1 Å². The Morgan fingerprint density at radius 3 is 2.79 bits per heavy atom. The zero-order chi connectivity index (χ0) is 9.97. The molecule has 3 nitrogen and oxygen atoms in total. The van der Waals surface area contributed by atoms with E-state index in [0.717, 1.165) is 4.47 Å². The third-order valence-corrected chi connectivity index (χ3v) is 3.66. The Balaban J connectivity index is 1.98. The van der Waals surface area contributed by atoms with Crippen molar-refractivity contribution in [2.75, 3.05) is 13.2 Å². The van der Waals surface area contributed by atoms with Gasteiger partial charge in [0.2, 0.25) is 0 Å². The minimum atomic E-state index is -0.353. The van der Waals surface area contributed by atoms with Crippen LogP contribution in [0.3, 0.4) is 0 Å². The van der Waals surface area contributed by atoms with Crippen molar-refractivity contribution in [3.8, 4) is 0 Å². The Morgan fingerprint density at radius 1 is 1.50 bits per heavy atom. The van der Waals surface area contributed by atoms with Crippen LogP contribution in [0.1, 0.15) is 16.8 Å². The van der Waals surface area contributed by atoms with Crippen molar-refractivity contribution >= 4 is 33.0 Å². The number of Topliss-reactive ketones (excluding diaryl/α,β-unsaturated/α-hetero) is 1. The lowest BCUT2D eigenvalue weighted by molar-refractivity contribution is -0.0407. The van der Waals surface area contributed by atoms with Gasteiger partial charge in [0.05, 0.1) is 19.6 Å². The molecule has 76 valence electrons. The summed E-state index contributed by atoms with van der Waals surface area (Å²) >= 11 is 4.83. The van der Waals surface area contributed by atoms with E-state index in [0.29, 0.717) is 25.2 Å². The molecule has 0 saturated carbocycles. The molecule has 14 heavy (non-hydrogen) atoms. The average molecular weight is 277 g/mol. The number of halogens is 1. The molecule has 2 rings (SSSR count). The largest absolute Gasteiger partial charge is 0.350 e. The molecule has 1 aromatic rings. The van der Waals surface area contributed by atoms with Gasteiger partial charge in [-0.1, -0.05) is 0 Å². The smallest absolute Gasteiger partial charge is 0.169 e. The van der Waals surface area contributed by atoms with E-state index in [1.807, 2.05) is 10.8 Å². The van der Waals surface area contributed by atoms with Gasteiger partial charge in [0.25, 0.3) is 0 Å². The van der Waals surface area contributed by atoms with E-state index < -0.39 is 0 Å². The highest BCUT2D eigenvalue weighted by Gasteiger charge is 2.21. The van der Waals surface area contributed by atoms with Crippen molar-refractivity contribution in [3.63, 3.8) is 0 Å². The average Bonchev–Trinajstić information content (AvgIpc) is 2.75. The molecule has 0 bridgehead atoms. The summed E-state index contributed by atoms with van der Waals surface area (Å²) in [6.45, 7) is 1.17. The maximum Gasteiger partial charge on any atom is 0.169 e. The Hall–Kier alpha value is -0.230. The molecule has 1 fully saturated rings. The van der Waals surface area contributed by atoms with Crippen molar-refractivity contribution in [1.29, 1.82) is 0 Å². The lowest BCUT2D eigenvalue weighted by Crippen LogP contribution is -2.14. The van der Waals surface area contributed by atoms with E-state index in [1.54, 1.807) is 0 Å². The number of carbonyl (C=O) groups excluding carboxylic acids is 1. The second-order valence-electron chi connectivity index (χ2n) is 2.93. The fraction of sp³-hybridized carbons (Fsp3) is 0.444. The summed E-state index contributed by atoms with van der Waals surface area (Å²) in [5, 5.41) is 3.73. The van der Waals surface area contributed by atoms with Crippen molar-refractivity contribution < 1.29 is 14.3 Å². The molecule has 0 aromatic carbocycles. The molecule has 0 spiro atoms. The minimum Gasteiger partial charge on any atom is -0.350 e. The molecule has 0 unspecified atom stereocenters. The Labute approximate surface area is 94.1 Å². The van der Waals surface area contributed by atoms with Crippen LogP contribution >= 0.6 is 27.3 Å². The zero-order valence-electron chi connectivity index (χ0n) is 7.36. The topological polar surface area (TPSA) is 35.5 Å². The van der Waals surface area contributed by atoms with Gasteiger partial charge in [-0.2, -0.15) is 11.3 Å². The normalized spacial score (nSPS) is 17.5. The highest BCUT2D eigenvalue weighted by molar-refractivity contribution is 9.10. The van der Waals surface area contributed by atoms with Gasteiger partial charge in [-0.3, -0.25) is 4.79 Å². The van der Waals surface area contributed by atoms with Gasteiger partial charge in [-0.15, -0.1) is 0 Å². The molecule has 1 aliphatic rings. The van der Waals surface area contributed by atoms with Crippen LogP contribution in [0.4, 0.5) is 0 Å². The molecule has 0 N–H and O–H groups in total. The van der Waals surface area contributed by atoms with E-state index in [4.69, 9.17) is 9.47 Å². The summed E-state index contributed by atoms with van der Waals surface area (Å²) in [4.78, 5) is 11.7. The number of hydrogen-bond acceptors (Lipinski definition) is 4. The summed E-state index contributed by atoms with van der Waals surface area (Å²) in [7, 11) is 0. The number of ketones is 1. The van der Waals surface area contributed by atoms with Crippen LogP contribution in [0.15, 0.2) is 15.2 Å². The minimum absolute atomic E-state index is 0.0602. The Morgan fingerprint density at radius 2 is 2.21 bits per heavy atom. The van der Waals surface area contributed by atoms with Crippen molar-refractivity contribution in [1.82, 2.24) is 0 Å². The SMILES string of the molecule is O=C(CC1OCCO1)c1cscc1Br. The summed E-state index contributed by atoms with van der Waals surface area (Å²) in [5.74, 6) is 0.0602. The van der Waals surface area contributed by atoms with Gasteiger partial charge in [-0.05, 0) is 15.9 Å². The van der Waals surface area contributed by atoms with Gasteiger partial charge >= 0.3 is 0 Å². The van der Waals surface area contributed by atoms with Crippen LogP contribution in [0.25, 0.3) is 0 Å². The van der Waals surface area contributed by atoms with Crippen LogP contribution in [0, 0.1) is 0 Å². The quantitative estimate of drug-likeness (QED) is 0.796. The lowest BCUT2D eigenvalue weighted by atomic mass is 10.1. The Kier molecular flexibility index (Phi) is 3.33. The summed E-state index contributed by atoms with van der Waals surface area (Å²) < 4.78 is 11.3. The number of ether oxygens (including phenoxy) is 2. The van der Waals surface area contributed by atoms with Crippen LogP contribution in [-0.2, 0) is 9.47 Å². The molecule has 0 atom stereocenters. The van der Waals surface area contributed by atoms with E-state index >= 15 is 0 Å². The number of carbonyl (C=O) groups is 1. The molecular weight excluding hydrogens is 268 g/mol. The summed E-state index contributed by atoms with van der Waals surface area (Å²) in [6, 6.07) is 0. The first-order valence-electron chi connectivity index (χ1n) is 4.25. The highest BCUT2D eigenvalue weighted by Crippen LogP contribution is 2.24. The molecule has 0 radical (unpaired) electrons. The van der Waals surface area contributed by atoms with Crippen LogP contribution in [0.2, 0.25) is 0 Å². The van der Waals surface area contributed by atoms with Crippen molar-refractivity contribution in [3.05, 3.63) is 20.8 Å². The molecule has 1 aromatic heterocycles. The lowest BCUT2D eigenvalue weighted by Gasteiger charge is -2.06. The molecule has 1 saturated heterocycles. The fourth-order valence-electron chi connectivity index (χ4n) is 1.27. The zero-order valence-corrected chi connectivity index (χ0v) is 9.77. The maximum atomic E-state index is 11.7. The number of thiophene rings is 1. The third-order valence-electron chi connectivity index (χ3n) is 1.96. The first kappa shape index (κ1) is 10.3. The molecular formula is C9H9BrO3S. The van der Waals surface area contributed by atoms with Gasteiger partial charge in [0, 0.05) is 20.8 Å². The fourth-order valence-corrected chi connectivity index (χ4v) is 2.79. The predicted octanol–water partition coefficient (Wildman–Crippen LogP) is 2.46. The first-order chi connectivity index (χ1) is 6.77. The predicted molar refractivity (Wildman–Crippen MR) is 56.7 cm³/mol. The van der Waals surface area contributed by atoms with Gasteiger partial charge < -0.3 is 9.47 Å². The monoisotopic (exact) mass is 276 g/mol. The van der Waals surface area contributed by atoms with Crippen molar-refractivity contribution in [2.24, 2.45) is 0 Å². The standard InChI is InChI=1S/C9H9BrO3S/c10-7-5-14-4-6(7)8(11)3-9-12-1-2-13-9/h4-5,9H,1-3H2. The highest BCUT2D eigenvalue weighted by atomic mass is 79.9. The summed E-state index contributed by atoms with van der Waals surface area (Å²) in [5.41, 5.74) is 0.717. The molecule has 0 aliphatic carbocycles. The van der Waals surface area contributed by atoms with Crippen LogP contribution in [0.5, 0.6) is 0 Å². The summed E-state index contributed by atoms with van der Waals surface area (Å²) in [6.07, 6.45) is -0.0516. The molecule has 5 heteroatoms. The Bertz CT molecular complexity index is 331. The third kappa shape index (κ3) is 2.23. The van der Waals surface area contributed by atoms with Crippen LogP contribution < -0.4 is 0 Å². The molecule has 0 amide bonds. The molecule has 1 aliphatic heterocycles. The maximum absolute atomic E-state index is 11.7. The second kappa shape index (κ2) is 4.53. The van der Waals surface area contributed by atoms with Crippen LogP contribution in [-0.4, -0.2) is 25.3 Å². The van der Waals surface area contributed by atoms with E-state index in [2.05, 4.69) is 15.9 Å². The van der Waals surface area contributed by atoms with E-state index in [-0.39, 0.29) is 12.1 Å². The number of rotatable bonds is 3. The van der Waals surface area contributed by atoms with Crippen molar-refractivity contribution in [2.45, 2.75) is 12.7 Å². The first-order valence-corrected chi connectivity index (χ1v) is 5.99. The molecule has 2 heterocycles. The van der Waals surface area contributed by atoms with E-state index in [9.17, 15) is 4.79 Å². The number of hydrogen-bond donors (Lipinski definition) is 0. The van der Waals surface area contributed by atoms with Gasteiger partial charge in [0.1, 0.15) is 0 Å². The second-order valence-corrected chi connectivity index (χ2v) is 4.53. The van der Waals surface area contributed by atoms with Gasteiger partial charge in [-0.25, -0.2) is 0 Å².